The number of ether oxygens (including phenoxy) is 2. The fourth-order valence-corrected chi connectivity index (χ4v) is 4.19. The van der Waals surface area contributed by atoms with Crippen molar-refractivity contribution in [1.82, 2.24) is 15.5 Å². The van der Waals surface area contributed by atoms with Crippen molar-refractivity contribution in [2.24, 2.45) is 5.92 Å². The number of nitrogens with zero attached hydrogens (tertiary/aromatic N) is 1. The Kier molecular flexibility index (Phi) is 8.96. The van der Waals surface area contributed by atoms with Crippen molar-refractivity contribution in [3.05, 3.63) is 23.8 Å². The van der Waals surface area contributed by atoms with E-state index in [1.165, 1.54) is 0 Å². The molecule has 10 heteroatoms. The number of aliphatic hydroxyl groups excluding tert-OH is 1. The van der Waals surface area contributed by atoms with E-state index in [1.807, 2.05) is 0 Å². The lowest BCUT2D eigenvalue weighted by molar-refractivity contribution is -0.120. The molecule has 1 aromatic rings. The number of carbonyl (C=O) groups is 3. The highest BCUT2D eigenvalue weighted by atomic mass is 16.6. The highest BCUT2D eigenvalue weighted by molar-refractivity contribution is 6.02. The molecule has 35 heavy (non-hydrogen) atoms. The largest absolute Gasteiger partial charge is 0.485 e. The molecular weight excluding hydrogens is 452 g/mol. The van der Waals surface area contributed by atoms with Gasteiger partial charge in [-0.05, 0) is 65.8 Å². The highest BCUT2D eigenvalue weighted by Gasteiger charge is 2.31. The summed E-state index contributed by atoms with van der Waals surface area (Å²) in [5, 5.41) is 18.7. The SMILES string of the molecule is CC(CO)N1CCC(CNC(=O)OC(C)(C)C)Oc2c(NC(=O)C3CCNCC3)cccc2C1=O. The third-order valence-corrected chi connectivity index (χ3v) is 6.12. The minimum Gasteiger partial charge on any atom is -0.485 e. The smallest absolute Gasteiger partial charge is 0.407 e. The maximum absolute atomic E-state index is 13.4. The molecule has 3 rings (SSSR count). The van der Waals surface area contributed by atoms with E-state index < -0.39 is 23.8 Å². The first-order valence-electron chi connectivity index (χ1n) is 12.3. The monoisotopic (exact) mass is 490 g/mol. The van der Waals surface area contributed by atoms with Crippen LogP contribution in [0.25, 0.3) is 0 Å². The van der Waals surface area contributed by atoms with E-state index in [4.69, 9.17) is 9.47 Å². The number of aliphatic hydroxyl groups is 1. The molecule has 0 aliphatic carbocycles. The molecule has 2 unspecified atom stereocenters. The van der Waals surface area contributed by atoms with E-state index >= 15 is 0 Å². The van der Waals surface area contributed by atoms with Crippen LogP contribution in [0.1, 0.15) is 57.3 Å². The number of piperidine rings is 1. The Morgan fingerprint density at radius 2 is 1.97 bits per heavy atom. The molecule has 4 N–H and O–H groups in total. The van der Waals surface area contributed by atoms with Crippen molar-refractivity contribution in [3.63, 3.8) is 0 Å². The molecule has 0 spiro atoms. The van der Waals surface area contributed by atoms with Crippen LogP contribution in [0.4, 0.5) is 10.5 Å². The Morgan fingerprint density at radius 3 is 2.63 bits per heavy atom. The maximum atomic E-state index is 13.4. The van der Waals surface area contributed by atoms with Gasteiger partial charge in [-0.15, -0.1) is 0 Å². The summed E-state index contributed by atoms with van der Waals surface area (Å²) < 4.78 is 11.6. The third kappa shape index (κ3) is 7.32. The van der Waals surface area contributed by atoms with Crippen LogP contribution in [0.15, 0.2) is 18.2 Å². The number of carbonyl (C=O) groups excluding carboxylic acids is 3. The number of fused-ring (bicyclic) bond motifs is 1. The second-order valence-corrected chi connectivity index (χ2v) is 10.1. The van der Waals surface area contributed by atoms with Crippen molar-refractivity contribution < 1.29 is 29.0 Å². The standard InChI is InChI=1S/C25H38N4O6/c1-16(15-30)29-13-10-18(14-27-24(33)35-25(2,3)4)34-21-19(23(29)32)6-5-7-20(21)28-22(31)17-8-11-26-12-9-17/h5-7,16-18,26,30H,8-15H2,1-4H3,(H,27,33)(H,28,31). The van der Waals surface area contributed by atoms with Crippen LogP contribution < -0.4 is 20.7 Å². The summed E-state index contributed by atoms with van der Waals surface area (Å²) in [5.74, 6) is -0.238. The number of alkyl carbamates (subject to hydrolysis) is 1. The zero-order valence-electron chi connectivity index (χ0n) is 21.1. The van der Waals surface area contributed by atoms with Crippen LogP contribution in [0, 0.1) is 5.92 Å². The third-order valence-electron chi connectivity index (χ3n) is 6.12. The average molecular weight is 491 g/mol. The van der Waals surface area contributed by atoms with E-state index in [-0.39, 0.29) is 36.6 Å². The highest BCUT2D eigenvalue weighted by Crippen LogP contribution is 2.34. The molecule has 3 amide bonds. The first-order chi connectivity index (χ1) is 16.6. The van der Waals surface area contributed by atoms with Gasteiger partial charge in [0.05, 0.1) is 30.4 Å². The minimum absolute atomic E-state index is 0.109. The van der Waals surface area contributed by atoms with Gasteiger partial charge in [-0.2, -0.15) is 0 Å². The summed E-state index contributed by atoms with van der Waals surface area (Å²) in [6.45, 7) is 9.00. The van der Waals surface area contributed by atoms with E-state index in [1.54, 1.807) is 50.8 Å². The Hall–Kier alpha value is -2.85. The maximum Gasteiger partial charge on any atom is 0.407 e. The molecule has 0 bridgehead atoms. The van der Waals surface area contributed by atoms with Crippen LogP contribution in [0.2, 0.25) is 0 Å². The average Bonchev–Trinajstić information content (AvgIpc) is 2.81. The number of anilines is 1. The van der Waals surface area contributed by atoms with Crippen molar-refractivity contribution in [2.75, 3.05) is 38.1 Å². The van der Waals surface area contributed by atoms with E-state index in [2.05, 4.69) is 16.0 Å². The van der Waals surface area contributed by atoms with Crippen LogP contribution >= 0.6 is 0 Å². The van der Waals surface area contributed by atoms with Crippen LogP contribution in [0.3, 0.4) is 0 Å². The molecule has 10 nitrogen and oxygen atoms in total. The van der Waals surface area contributed by atoms with E-state index in [0.29, 0.717) is 24.2 Å². The fraction of sp³-hybridized carbons (Fsp3) is 0.640. The molecule has 2 heterocycles. The summed E-state index contributed by atoms with van der Waals surface area (Å²) >= 11 is 0. The zero-order chi connectivity index (χ0) is 25.6. The van der Waals surface area contributed by atoms with Gasteiger partial charge in [0, 0.05) is 18.9 Å². The number of nitrogens with one attached hydrogen (secondary N) is 3. The van der Waals surface area contributed by atoms with Gasteiger partial charge in [0.1, 0.15) is 11.7 Å². The van der Waals surface area contributed by atoms with Crippen molar-refractivity contribution >= 4 is 23.6 Å². The van der Waals surface area contributed by atoms with Gasteiger partial charge >= 0.3 is 6.09 Å². The summed E-state index contributed by atoms with van der Waals surface area (Å²) in [4.78, 5) is 40.1. The van der Waals surface area contributed by atoms with E-state index in [0.717, 1.165) is 25.9 Å². The number of amides is 3. The number of hydrogen-bond donors (Lipinski definition) is 4. The molecular formula is C25H38N4O6. The Labute approximate surface area is 206 Å². The normalized spacial score (nSPS) is 20.1. The van der Waals surface area contributed by atoms with Gasteiger partial charge < -0.3 is 35.4 Å². The van der Waals surface area contributed by atoms with Crippen molar-refractivity contribution in [3.8, 4) is 5.75 Å². The quantitative estimate of drug-likeness (QED) is 0.481. The fourth-order valence-electron chi connectivity index (χ4n) is 4.19. The number of para-hydroxylation sites is 1. The van der Waals surface area contributed by atoms with Gasteiger partial charge in [0.2, 0.25) is 5.91 Å². The zero-order valence-corrected chi connectivity index (χ0v) is 21.1. The van der Waals surface area contributed by atoms with Crippen molar-refractivity contribution in [1.29, 1.82) is 0 Å². The topological polar surface area (TPSA) is 129 Å². The molecule has 1 saturated heterocycles. The lowest BCUT2D eigenvalue weighted by atomic mass is 9.97. The lowest BCUT2D eigenvalue weighted by Gasteiger charge is -2.34. The molecule has 2 aliphatic rings. The number of benzene rings is 1. The molecule has 1 aromatic carbocycles. The molecule has 0 aromatic heterocycles. The minimum atomic E-state index is -0.635. The second kappa shape index (κ2) is 11.7. The molecule has 1 fully saturated rings. The van der Waals surface area contributed by atoms with Gasteiger partial charge in [0.25, 0.3) is 5.91 Å². The molecule has 0 radical (unpaired) electrons. The summed E-state index contributed by atoms with van der Waals surface area (Å²) in [6.07, 6.45) is 0.852. The summed E-state index contributed by atoms with van der Waals surface area (Å²) in [6, 6.07) is 4.67. The molecule has 0 saturated carbocycles. The predicted molar refractivity (Wildman–Crippen MR) is 132 cm³/mol. The molecule has 194 valence electrons. The van der Waals surface area contributed by atoms with Gasteiger partial charge in [-0.25, -0.2) is 4.79 Å². The van der Waals surface area contributed by atoms with Crippen molar-refractivity contribution in [2.45, 2.75) is 64.7 Å². The molecule has 2 aliphatic heterocycles. The Bertz CT molecular complexity index is 910. The number of hydrogen-bond acceptors (Lipinski definition) is 7. The summed E-state index contributed by atoms with van der Waals surface area (Å²) in [7, 11) is 0. The van der Waals surface area contributed by atoms with Gasteiger partial charge in [-0.3, -0.25) is 9.59 Å². The van der Waals surface area contributed by atoms with Gasteiger partial charge in [0.15, 0.2) is 5.75 Å². The summed E-state index contributed by atoms with van der Waals surface area (Å²) in [5.41, 5.74) is 0.0835. The van der Waals surface area contributed by atoms with E-state index in [9.17, 15) is 19.5 Å². The van der Waals surface area contributed by atoms with Crippen LogP contribution in [-0.4, -0.2) is 78.4 Å². The first kappa shape index (κ1) is 26.7. The Morgan fingerprint density at radius 1 is 1.26 bits per heavy atom. The number of rotatable bonds is 6. The Balaban J connectivity index is 1.86. The second-order valence-electron chi connectivity index (χ2n) is 10.1. The van der Waals surface area contributed by atoms with Gasteiger partial charge in [-0.1, -0.05) is 6.07 Å². The first-order valence-corrected chi connectivity index (χ1v) is 12.3. The van der Waals surface area contributed by atoms with Crippen LogP contribution in [-0.2, 0) is 9.53 Å². The lowest BCUT2D eigenvalue weighted by Crippen LogP contribution is -2.46. The predicted octanol–water partition coefficient (Wildman–Crippen LogP) is 2.12. The van der Waals surface area contributed by atoms with Crippen LogP contribution in [0.5, 0.6) is 5.75 Å². The molecule has 2 atom stereocenters.